The molecule has 1 aliphatic rings. The summed E-state index contributed by atoms with van der Waals surface area (Å²) in [7, 11) is 0. The molecule has 0 aliphatic heterocycles. The number of carbonyl (C=O) groups excluding carboxylic acids is 1. The van der Waals surface area contributed by atoms with Crippen LogP contribution in [0.25, 0.3) is 10.6 Å². The van der Waals surface area contributed by atoms with E-state index in [2.05, 4.69) is 10.3 Å². The molecule has 2 N–H and O–H groups in total. The van der Waals surface area contributed by atoms with E-state index in [1.54, 1.807) is 17.5 Å². The van der Waals surface area contributed by atoms with Crippen LogP contribution in [0.2, 0.25) is 10.0 Å². The highest BCUT2D eigenvalue weighted by molar-refractivity contribution is 7.13. The molecule has 3 rings (SSSR count). The number of hydrogen-bond acceptors (Lipinski definition) is 4. The Morgan fingerprint density at radius 1 is 1.22 bits per heavy atom. The first kappa shape index (κ1) is 16.2. The number of thiazole rings is 1. The van der Waals surface area contributed by atoms with Gasteiger partial charge < -0.3 is 10.4 Å². The second kappa shape index (κ2) is 6.47. The number of aliphatic carboxylic acids is 1. The summed E-state index contributed by atoms with van der Waals surface area (Å²) in [4.78, 5) is 27.1. The fraction of sp³-hybridized carbons (Fsp3) is 0.267. The molecular weight excluding hydrogens is 359 g/mol. The number of halogens is 2. The van der Waals surface area contributed by atoms with Crippen LogP contribution in [0.3, 0.4) is 0 Å². The standard InChI is InChI=1S/C15H12Cl2N2O3S/c16-10-2-1-7(5-11(10)17)14-19-12(6-23-14)18-13(20)8-3-9(4-8)15(21)22/h1-2,5-6,8-9H,3-4H2,(H,18,20)(H,21,22). The largest absolute Gasteiger partial charge is 0.481 e. The first-order chi connectivity index (χ1) is 10.9. The molecule has 1 aliphatic carbocycles. The smallest absolute Gasteiger partial charge is 0.306 e. The lowest BCUT2D eigenvalue weighted by molar-refractivity contribution is -0.147. The van der Waals surface area contributed by atoms with Crippen molar-refractivity contribution in [2.45, 2.75) is 12.8 Å². The Morgan fingerprint density at radius 2 is 1.96 bits per heavy atom. The zero-order valence-electron chi connectivity index (χ0n) is 11.8. The van der Waals surface area contributed by atoms with Gasteiger partial charge in [-0.3, -0.25) is 9.59 Å². The Bertz CT molecular complexity index is 772. The fourth-order valence-corrected chi connectivity index (χ4v) is 3.40. The minimum Gasteiger partial charge on any atom is -0.481 e. The third-order valence-corrected chi connectivity index (χ3v) is 5.41. The van der Waals surface area contributed by atoms with Crippen LogP contribution in [-0.2, 0) is 9.59 Å². The average molecular weight is 371 g/mol. The Morgan fingerprint density at radius 3 is 2.61 bits per heavy atom. The zero-order valence-corrected chi connectivity index (χ0v) is 14.1. The minimum absolute atomic E-state index is 0.187. The maximum Gasteiger partial charge on any atom is 0.306 e. The van der Waals surface area contributed by atoms with E-state index in [1.165, 1.54) is 11.3 Å². The maximum atomic E-state index is 12.0. The van der Waals surface area contributed by atoms with E-state index in [-0.39, 0.29) is 11.8 Å². The molecule has 0 bridgehead atoms. The third-order valence-electron chi connectivity index (χ3n) is 3.78. The molecular formula is C15H12Cl2N2O3S. The molecule has 5 nitrogen and oxygen atoms in total. The van der Waals surface area contributed by atoms with Crippen LogP contribution in [0, 0.1) is 11.8 Å². The van der Waals surface area contributed by atoms with Crippen molar-refractivity contribution in [3.63, 3.8) is 0 Å². The van der Waals surface area contributed by atoms with E-state index >= 15 is 0 Å². The number of carboxylic acid groups (broad SMARTS) is 1. The van der Waals surface area contributed by atoms with Gasteiger partial charge in [-0.05, 0) is 25.0 Å². The van der Waals surface area contributed by atoms with Crippen LogP contribution in [0.5, 0.6) is 0 Å². The number of hydrogen-bond donors (Lipinski definition) is 2. The Kier molecular flexibility index (Phi) is 4.57. The number of carbonyl (C=O) groups is 2. The van der Waals surface area contributed by atoms with Crippen LogP contribution in [0.15, 0.2) is 23.6 Å². The van der Waals surface area contributed by atoms with Gasteiger partial charge in [0.1, 0.15) is 10.8 Å². The van der Waals surface area contributed by atoms with Crippen LogP contribution < -0.4 is 5.32 Å². The summed E-state index contributed by atoms with van der Waals surface area (Å²) < 4.78 is 0. The molecule has 120 valence electrons. The highest BCUT2D eigenvalue weighted by atomic mass is 35.5. The summed E-state index contributed by atoms with van der Waals surface area (Å²) in [5.74, 6) is -1.24. The van der Waals surface area contributed by atoms with Crippen molar-refractivity contribution < 1.29 is 14.7 Å². The lowest BCUT2D eigenvalue weighted by Gasteiger charge is -2.30. The van der Waals surface area contributed by atoms with Crippen LogP contribution in [-0.4, -0.2) is 22.0 Å². The summed E-state index contributed by atoms with van der Waals surface area (Å²) in [5.41, 5.74) is 0.819. The topological polar surface area (TPSA) is 79.3 Å². The quantitative estimate of drug-likeness (QED) is 0.846. The first-order valence-corrected chi connectivity index (χ1v) is 8.52. The van der Waals surface area contributed by atoms with E-state index in [9.17, 15) is 9.59 Å². The summed E-state index contributed by atoms with van der Waals surface area (Å²) in [6, 6.07) is 5.22. The second-order valence-electron chi connectivity index (χ2n) is 5.36. The van der Waals surface area contributed by atoms with E-state index in [0.717, 1.165) is 10.6 Å². The van der Waals surface area contributed by atoms with E-state index in [4.69, 9.17) is 28.3 Å². The lowest BCUT2D eigenvalue weighted by Crippen LogP contribution is -2.38. The number of rotatable bonds is 4. The molecule has 23 heavy (non-hydrogen) atoms. The van der Waals surface area contributed by atoms with Gasteiger partial charge in [-0.15, -0.1) is 11.3 Å². The van der Waals surface area contributed by atoms with E-state index in [0.29, 0.717) is 28.7 Å². The SMILES string of the molecule is O=C(O)C1CC(C(=O)Nc2csc(-c3ccc(Cl)c(Cl)c3)n2)C1. The molecule has 1 saturated carbocycles. The van der Waals surface area contributed by atoms with Crippen LogP contribution >= 0.6 is 34.5 Å². The number of aromatic nitrogens is 1. The van der Waals surface area contributed by atoms with Gasteiger partial charge in [0, 0.05) is 16.9 Å². The highest BCUT2D eigenvalue weighted by Crippen LogP contribution is 2.35. The van der Waals surface area contributed by atoms with Gasteiger partial charge in [0.25, 0.3) is 0 Å². The van der Waals surface area contributed by atoms with Crippen molar-refractivity contribution in [3.8, 4) is 10.6 Å². The maximum absolute atomic E-state index is 12.0. The molecule has 2 aromatic rings. The lowest BCUT2D eigenvalue weighted by atomic mass is 9.74. The van der Waals surface area contributed by atoms with Crippen molar-refractivity contribution in [3.05, 3.63) is 33.6 Å². The number of nitrogens with zero attached hydrogens (tertiary/aromatic N) is 1. The molecule has 8 heteroatoms. The normalized spacial score (nSPS) is 19.9. The molecule has 1 amide bonds. The molecule has 1 aromatic heterocycles. The van der Waals surface area contributed by atoms with Gasteiger partial charge in [-0.2, -0.15) is 0 Å². The van der Waals surface area contributed by atoms with Crippen LogP contribution in [0.4, 0.5) is 5.82 Å². The fourth-order valence-electron chi connectivity index (χ4n) is 2.35. The Labute approximate surface area is 146 Å². The molecule has 0 spiro atoms. The summed E-state index contributed by atoms with van der Waals surface area (Å²) in [5, 5.41) is 14.9. The highest BCUT2D eigenvalue weighted by Gasteiger charge is 2.38. The molecule has 1 aromatic carbocycles. The van der Waals surface area contributed by atoms with Crippen LogP contribution in [0.1, 0.15) is 12.8 Å². The van der Waals surface area contributed by atoms with Crippen molar-refractivity contribution in [2.24, 2.45) is 11.8 Å². The summed E-state index contributed by atoms with van der Waals surface area (Å²) >= 11 is 13.3. The molecule has 0 saturated heterocycles. The number of nitrogens with one attached hydrogen (secondary N) is 1. The van der Waals surface area contributed by atoms with Gasteiger partial charge in [0.15, 0.2) is 0 Å². The van der Waals surface area contributed by atoms with Crippen molar-refractivity contribution >= 4 is 52.2 Å². The monoisotopic (exact) mass is 370 g/mol. The third kappa shape index (κ3) is 3.49. The summed E-state index contributed by atoms with van der Waals surface area (Å²) in [6.07, 6.45) is 0.760. The van der Waals surface area contributed by atoms with Gasteiger partial charge in [0.2, 0.25) is 5.91 Å². The van der Waals surface area contributed by atoms with Crippen molar-refractivity contribution in [1.82, 2.24) is 4.98 Å². The molecule has 1 fully saturated rings. The van der Waals surface area contributed by atoms with E-state index in [1.807, 2.05) is 6.07 Å². The van der Waals surface area contributed by atoms with Gasteiger partial charge in [0.05, 0.1) is 16.0 Å². The zero-order chi connectivity index (χ0) is 16.6. The minimum atomic E-state index is -0.843. The molecule has 0 unspecified atom stereocenters. The predicted molar refractivity (Wildman–Crippen MR) is 90.0 cm³/mol. The van der Waals surface area contributed by atoms with Gasteiger partial charge in [-0.25, -0.2) is 4.98 Å². The number of carboxylic acids is 1. The second-order valence-corrected chi connectivity index (χ2v) is 7.03. The van der Waals surface area contributed by atoms with Crippen molar-refractivity contribution in [1.29, 1.82) is 0 Å². The van der Waals surface area contributed by atoms with Gasteiger partial charge in [-0.1, -0.05) is 29.3 Å². The molecule has 0 atom stereocenters. The Hall–Kier alpha value is -1.63. The van der Waals surface area contributed by atoms with E-state index < -0.39 is 11.9 Å². The first-order valence-electron chi connectivity index (χ1n) is 6.88. The number of anilines is 1. The van der Waals surface area contributed by atoms with Gasteiger partial charge >= 0.3 is 5.97 Å². The predicted octanol–water partition coefficient (Wildman–Crippen LogP) is 4.17. The number of benzene rings is 1. The number of amides is 1. The summed E-state index contributed by atoms with van der Waals surface area (Å²) in [6.45, 7) is 0. The Balaban J connectivity index is 1.64. The van der Waals surface area contributed by atoms with Crippen molar-refractivity contribution in [2.75, 3.05) is 5.32 Å². The average Bonchev–Trinajstić information content (AvgIpc) is 2.88. The molecule has 1 heterocycles. The molecule has 0 radical (unpaired) electrons.